The Bertz CT molecular complexity index is 182. The number of likely N-dealkylation sites (tertiary alicyclic amines) is 1. The maximum atomic E-state index is 3.45. The normalized spacial score (nSPS) is 31.9. The summed E-state index contributed by atoms with van der Waals surface area (Å²) in [6, 6.07) is 1.47. The molecule has 0 aromatic carbocycles. The molecule has 0 radical (unpaired) electrons. The van der Waals surface area contributed by atoms with Gasteiger partial charge in [-0.25, -0.2) is 0 Å². The number of nitrogens with one attached hydrogen (secondary N) is 1. The van der Waals surface area contributed by atoms with Crippen LogP contribution in [0.3, 0.4) is 0 Å². The number of piperidine rings is 1. The van der Waals surface area contributed by atoms with Crippen LogP contribution < -0.4 is 5.32 Å². The van der Waals surface area contributed by atoms with Crippen molar-refractivity contribution in [3.05, 3.63) is 0 Å². The van der Waals surface area contributed by atoms with E-state index in [0.717, 1.165) is 18.0 Å². The van der Waals surface area contributed by atoms with Crippen LogP contribution in [-0.2, 0) is 0 Å². The highest BCUT2D eigenvalue weighted by molar-refractivity contribution is 4.87. The lowest BCUT2D eigenvalue weighted by Gasteiger charge is -2.42. The molecule has 0 aromatic heterocycles. The Morgan fingerprint density at radius 2 is 1.94 bits per heavy atom. The molecule has 1 aliphatic rings. The van der Waals surface area contributed by atoms with Gasteiger partial charge in [-0.1, -0.05) is 33.1 Å². The molecule has 1 saturated heterocycles. The minimum absolute atomic E-state index is 0.724. The van der Waals surface area contributed by atoms with Crippen LogP contribution >= 0.6 is 0 Å². The van der Waals surface area contributed by atoms with Gasteiger partial charge in [0.15, 0.2) is 0 Å². The molecule has 16 heavy (non-hydrogen) atoms. The van der Waals surface area contributed by atoms with Gasteiger partial charge in [-0.15, -0.1) is 0 Å². The second-order valence-electron chi connectivity index (χ2n) is 5.38. The monoisotopic (exact) mass is 226 g/mol. The van der Waals surface area contributed by atoms with Gasteiger partial charge in [0.1, 0.15) is 0 Å². The zero-order chi connectivity index (χ0) is 12.0. The van der Waals surface area contributed by atoms with Crippen LogP contribution in [-0.4, -0.2) is 37.1 Å². The maximum absolute atomic E-state index is 3.45. The fraction of sp³-hybridized carbons (Fsp3) is 1.00. The fourth-order valence-electron chi connectivity index (χ4n) is 2.90. The first-order valence-electron chi connectivity index (χ1n) is 7.12. The van der Waals surface area contributed by atoms with Gasteiger partial charge in [-0.05, 0) is 45.8 Å². The molecule has 1 heterocycles. The highest BCUT2D eigenvalue weighted by Gasteiger charge is 2.30. The van der Waals surface area contributed by atoms with Crippen molar-refractivity contribution in [3.63, 3.8) is 0 Å². The molecule has 96 valence electrons. The minimum atomic E-state index is 0.724. The van der Waals surface area contributed by atoms with E-state index in [1.165, 1.54) is 45.2 Å². The number of unbranched alkanes of at least 4 members (excludes halogenated alkanes) is 3. The lowest BCUT2D eigenvalue weighted by molar-refractivity contribution is 0.0860. The molecule has 3 atom stereocenters. The topological polar surface area (TPSA) is 15.3 Å². The smallest absolute Gasteiger partial charge is 0.0117 e. The van der Waals surface area contributed by atoms with Crippen LogP contribution in [0.25, 0.3) is 0 Å². The van der Waals surface area contributed by atoms with Crippen molar-refractivity contribution in [2.24, 2.45) is 5.92 Å². The molecule has 2 nitrogen and oxygen atoms in total. The molecule has 0 amide bonds. The quantitative estimate of drug-likeness (QED) is 0.701. The molecule has 0 spiro atoms. The lowest BCUT2D eigenvalue weighted by Crippen LogP contribution is -2.52. The zero-order valence-electron chi connectivity index (χ0n) is 11.6. The highest BCUT2D eigenvalue weighted by Crippen LogP contribution is 2.23. The Hall–Kier alpha value is -0.0800. The van der Waals surface area contributed by atoms with Crippen molar-refractivity contribution < 1.29 is 0 Å². The number of hydrogen-bond donors (Lipinski definition) is 1. The Morgan fingerprint density at radius 3 is 2.56 bits per heavy atom. The summed E-state index contributed by atoms with van der Waals surface area (Å²) >= 11 is 0. The Morgan fingerprint density at radius 1 is 1.19 bits per heavy atom. The molecule has 0 bridgehead atoms. The summed E-state index contributed by atoms with van der Waals surface area (Å²) in [6.07, 6.45) is 6.85. The van der Waals surface area contributed by atoms with E-state index in [1.807, 2.05) is 0 Å². The van der Waals surface area contributed by atoms with E-state index in [2.05, 4.69) is 38.0 Å². The molecule has 1 aliphatic heterocycles. The van der Waals surface area contributed by atoms with Crippen LogP contribution in [0, 0.1) is 5.92 Å². The molecule has 1 N–H and O–H groups in total. The SMILES string of the molecule is CCCCCCN1CCC(NC)C(C)C1C. The van der Waals surface area contributed by atoms with E-state index in [4.69, 9.17) is 0 Å². The largest absolute Gasteiger partial charge is 0.317 e. The molecular formula is C14H30N2. The Kier molecular flexibility index (Phi) is 6.37. The summed E-state index contributed by atoms with van der Waals surface area (Å²) in [5.74, 6) is 0.782. The van der Waals surface area contributed by atoms with Crippen LogP contribution in [0.15, 0.2) is 0 Å². The van der Waals surface area contributed by atoms with E-state index in [1.54, 1.807) is 0 Å². The van der Waals surface area contributed by atoms with Crippen LogP contribution in [0.2, 0.25) is 0 Å². The van der Waals surface area contributed by atoms with Crippen LogP contribution in [0.1, 0.15) is 52.9 Å². The molecule has 2 heteroatoms. The number of hydrogen-bond acceptors (Lipinski definition) is 2. The van der Waals surface area contributed by atoms with Crippen molar-refractivity contribution in [2.45, 2.75) is 65.0 Å². The first-order chi connectivity index (χ1) is 7.70. The standard InChI is InChI=1S/C14H30N2/c1-5-6-7-8-10-16-11-9-14(15-4)12(2)13(16)3/h12-15H,5-11H2,1-4H3. The first kappa shape index (κ1) is 14.0. The van der Waals surface area contributed by atoms with Gasteiger partial charge in [-0.3, -0.25) is 0 Å². The molecule has 3 unspecified atom stereocenters. The predicted octanol–water partition coefficient (Wildman–Crippen LogP) is 2.89. The first-order valence-corrected chi connectivity index (χ1v) is 7.12. The molecule has 1 rings (SSSR count). The summed E-state index contributed by atoms with van der Waals surface area (Å²) < 4.78 is 0. The summed E-state index contributed by atoms with van der Waals surface area (Å²) in [5.41, 5.74) is 0. The van der Waals surface area contributed by atoms with Gasteiger partial charge in [0.05, 0.1) is 0 Å². The highest BCUT2D eigenvalue weighted by atomic mass is 15.2. The average molecular weight is 226 g/mol. The molecule has 0 aliphatic carbocycles. The van der Waals surface area contributed by atoms with Gasteiger partial charge in [0.2, 0.25) is 0 Å². The summed E-state index contributed by atoms with van der Waals surface area (Å²) in [7, 11) is 2.10. The summed E-state index contributed by atoms with van der Waals surface area (Å²) in [4.78, 5) is 2.69. The molecule has 0 saturated carbocycles. The van der Waals surface area contributed by atoms with Gasteiger partial charge in [0.25, 0.3) is 0 Å². The maximum Gasteiger partial charge on any atom is 0.0117 e. The van der Waals surface area contributed by atoms with Crippen molar-refractivity contribution >= 4 is 0 Å². The van der Waals surface area contributed by atoms with Crippen molar-refractivity contribution in [1.82, 2.24) is 10.2 Å². The summed E-state index contributed by atoms with van der Waals surface area (Å²) in [5, 5.41) is 3.45. The molecular weight excluding hydrogens is 196 g/mol. The predicted molar refractivity (Wildman–Crippen MR) is 71.8 cm³/mol. The minimum Gasteiger partial charge on any atom is -0.317 e. The molecule has 0 aromatic rings. The third-order valence-electron chi connectivity index (χ3n) is 4.37. The third-order valence-corrected chi connectivity index (χ3v) is 4.37. The number of nitrogens with zero attached hydrogens (tertiary/aromatic N) is 1. The van der Waals surface area contributed by atoms with Crippen LogP contribution in [0.4, 0.5) is 0 Å². The van der Waals surface area contributed by atoms with Gasteiger partial charge in [-0.2, -0.15) is 0 Å². The van der Waals surface area contributed by atoms with Crippen LogP contribution in [0.5, 0.6) is 0 Å². The van der Waals surface area contributed by atoms with Gasteiger partial charge >= 0.3 is 0 Å². The second kappa shape index (κ2) is 7.29. The Balaban J connectivity index is 2.28. The average Bonchev–Trinajstić information content (AvgIpc) is 2.30. The van der Waals surface area contributed by atoms with Gasteiger partial charge in [0, 0.05) is 12.1 Å². The van der Waals surface area contributed by atoms with E-state index in [-0.39, 0.29) is 0 Å². The fourth-order valence-corrected chi connectivity index (χ4v) is 2.90. The third kappa shape index (κ3) is 3.74. The number of rotatable bonds is 6. The van der Waals surface area contributed by atoms with E-state index in [9.17, 15) is 0 Å². The Labute approximate surface area is 102 Å². The van der Waals surface area contributed by atoms with Crippen molar-refractivity contribution in [1.29, 1.82) is 0 Å². The van der Waals surface area contributed by atoms with Crippen molar-refractivity contribution in [2.75, 3.05) is 20.1 Å². The van der Waals surface area contributed by atoms with E-state index >= 15 is 0 Å². The zero-order valence-corrected chi connectivity index (χ0v) is 11.6. The lowest BCUT2D eigenvalue weighted by atomic mass is 9.87. The van der Waals surface area contributed by atoms with Crippen molar-refractivity contribution in [3.8, 4) is 0 Å². The van der Waals surface area contributed by atoms with E-state index in [0.29, 0.717) is 0 Å². The molecule has 1 fully saturated rings. The second-order valence-corrected chi connectivity index (χ2v) is 5.38. The van der Waals surface area contributed by atoms with E-state index < -0.39 is 0 Å². The summed E-state index contributed by atoms with van der Waals surface area (Å²) in [6.45, 7) is 9.66. The van der Waals surface area contributed by atoms with Gasteiger partial charge < -0.3 is 10.2 Å².